The Balaban J connectivity index is 1.66. The van der Waals surface area contributed by atoms with Crippen LogP contribution >= 0.6 is 11.3 Å². The molecule has 1 heterocycles. The maximum Gasteiger partial charge on any atom is 0.418 e. The summed E-state index contributed by atoms with van der Waals surface area (Å²) in [5.74, 6) is 0.496. The SMILES string of the molecule is Cc1ccc(-c2csc(NC(=O)Oc3ccccc3)n2)cc1. The summed E-state index contributed by atoms with van der Waals surface area (Å²) in [7, 11) is 0. The zero-order valence-corrected chi connectivity index (χ0v) is 12.8. The number of benzene rings is 2. The van der Waals surface area contributed by atoms with E-state index in [0.717, 1.165) is 11.3 Å². The highest BCUT2D eigenvalue weighted by atomic mass is 32.1. The van der Waals surface area contributed by atoms with E-state index in [4.69, 9.17) is 4.74 Å². The molecular weight excluding hydrogens is 296 g/mol. The quantitative estimate of drug-likeness (QED) is 0.761. The number of para-hydroxylation sites is 1. The third-order valence-corrected chi connectivity index (χ3v) is 3.77. The van der Waals surface area contributed by atoms with E-state index in [9.17, 15) is 4.79 Å². The molecule has 3 rings (SSSR count). The van der Waals surface area contributed by atoms with E-state index in [1.54, 1.807) is 12.1 Å². The fourth-order valence-corrected chi connectivity index (χ4v) is 2.60. The molecule has 3 aromatic rings. The van der Waals surface area contributed by atoms with E-state index < -0.39 is 6.09 Å². The van der Waals surface area contributed by atoms with Crippen molar-refractivity contribution in [2.75, 3.05) is 5.32 Å². The Hall–Kier alpha value is -2.66. The molecule has 22 heavy (non-hydrogen) atoms. The first-order valence-corrected chi connectivity index (χ1v) is 7.65. The number of nitrogens with one attached hydrogen (secondary N) is 1. The summed E-state index contributed by atoms with van der Waals surface area (Å²) >= 11 is 1.36. The van der Waals surface area contributed by atoms with Gasteiger partial charge < -0.3 is 4.74 Å². The fraction of sp³-hybridized carbons (Fsp3) is 0.0588. The molecule has 110 valence electrons. The highest BCUT2D eigenvalue weighted by Gasteiger charge is 2.09. The van der Waals surface area contributed by atoms with Gasteiger partial charge in [-0.25, -0.2) is 9.78 Å². The minimum absolute atomic E-state index is 0.496. The molecule has 4 nitrogen and oxygen atoms in total. The number of rotatable bonds is 3. The number of carbonyl (C=O) groups is 1. The molecule has 0 bridgehead atoms. The van der Waals surface area contributed by atoms with Gasteiger partial charge in [-0.15, -0.1) is 11.3 Å². The van der Waals surface area contributed by atoms with E-state index in [-0.39, 0.29) is 0 Å². The second-order valence-corrected chi connectivity index (χ2v) is 5.59. The molecule has 1 aromatic heterocycles. The van der Waals surface area contributed by atoms with Crippen LogP contribution in [0.3, 0.4) is 0 Å². The van der Waals surface area contributed by atoms with Crippen molar-refractivity contribution in [1.29, 1.82) is 0 Å². The van der Waals surface area contributed by atoms with Gasteiger partial charge in [0.05, 0.1) is 5.69 Å². The molecule has 5 heteroatoms. The van der Waals surface area contributed by atoms with Crippen molar-refractivity contribution >= 4 is 22.6 Å². The highest BCUT2D eigenvalue weighted by Crippen LogP contribution is 2.25. The third kappa shape index (κ3) is 3.51. The number of aryl methyl sites for hydroxylation is 1. The monoisotopic (exact) mass is 310 g/mol. The van der Waals surface area contributed by atoms with Gasteiger partial charge in [0.25, 0.3) is 0 Å². The second-order valence-electron chi connectivity index (χ2n) is 4.73. The summed E-state index contributed by atoms with van der Waals surface area (Å²) in [5, 5.41) is 5.05. The number of carbonyl (C=O) groups excluding carboxylic acids is 1. The Morgan fingerprint density at radius 3 is 2.55 bits per heavy atom. The smallest absolute Gasteiger partial charge is 0.410 e. The van der Waals surface area contributed by atoms with Crippen LogP contribution in [0.4, 0.5) is 9.93 Å². The predicted octanol–water partition coefficient (Wildman–Crippen LogP) is 4.73. The van der Waals surface area contributed by atoms with Gasteiger partial charge in [-0.05, 0) is 19.1 Å². The molecule has 0 spiro atoms. The first kappa shape index (κ1) is 14.3. The number of aromatic nitrogens is 1. The van der Waals surface area contributed by atoms with Crippen LogP contribution in [0, 0.1) is 6.92 Å². The molecule has 0 aliphatic carbocycles. The molecule has 0 radical (unpaired) electrons. The number of hydrogen-bond donors (Lipinski definition) is 1. The van der Waals surface area contributed by atoms with Crippen LogP contribution in [0.1, 0.15) is 5.56 Å². The third-order valence-electron chi connectivity index (χ3n) is 3.01. The largest absolute Gasteiger partial charge is 0.418 e. The normalized spacial score (nSPS) is 10.2. The van der Waals surface area contributed by atoms with Crippen molar-refractivity contribution < 1.29 is 9.53 Å². The number of nitrogens with zero attached hydrogens (tertiary/aromatic N) is 1. The lowest BCUT2D eigenvalue weighted by molar-refractivity contribution is 0.215. The number of amides is 1. The maximum absolute atomic E-state index is 11.8. The predicted molar refractivity (Wildman–Crippen MR) is 88.4 cm³/mol. The zero-order chi connectivity index (χ0) is 15.4. The lowest BCUT2D eigenvalue weighted by Gasteiger charge is -2.03. The second kappa shape index (κ2) is 6.41. The van der Waals surface area contributed by atoms with E-state index in [1.807, 2.05) is 54.8 Å². The first-order valence-electron chi connectivity index (χ1n) is 6.77. The van der Waals surface area contributed by atoms with Crippen molar-refractivity contribution in [3.05, 3.63) is 65.5 Å². The molecule has 0 saturated heterocycles. The summed E-state index contributed by atoms with van der Waals surface area (Å²) in [4.78, 5) is 16.2. The van der Waals surface area contributed by atoms with Gasteiger partial charge in [0.2, 0.25) is 0 Å². The summed E-state index contributed by atoms with van der Waals surface area (Å²) in [6, 6.07) is 17.0. The fourth-order valence-electron chi connectivity index (χ4n) is 1.90. The molecule has 1 N–H and O–H groups in total. The molecule has 0 unspecified atom stereocenters. The minimum Gasteiger partial charge on any atom is -0.410 e. The van der Waals surface area contributed by atoms with Crippen molar-refractivity contribution in [2.24, 2.45) is 0 Å². The Kier molecular flexibility index (Phi) is 4.16. The number of anilines is 1. The van der Waals surface area contributed by atoms with Crippen LogP contribution in [0.25, 0.3) is 11.3 Å². The molecule has 0 atom stereocenters. The van der Waals surface area contributed by atoms with Crippen molar-refractivity contribution in [2.45, 2.75) is 6.92 Å². The molecule has 0 aliphatic rings. The van der Waals surface area contributed by atoms with Crippen LogP contribution in [0.5, 0.6) is 5.75 Å². The maximum atomic E-state index is 11.8. The summed E-state index contributed by atoms with van der Waals surface area (Å²) in [5.41, 5.74) is 3.05. The summed E-state index contributed by atoms with van der Waals surface area (Å²) in [6.07, 6.45) is -0.545. The van der Waals surface area contributed by atoms with Crippen LogP contribution in [0.2, 0.25) is 0 Å². The first-order chi connectivity index (χ1) is 10.7. The van der Waals surface area contributed by atoms with Gasteiger partial charge in [0, 0.05) is 10.9 Å². The lowest BCUT2D eigenvalue weighted by Crippen LogP contribution is -2.16. The Morgan fingerprint density at radius 1 is 1.09 bits per heavy atom. The van der Waals surface area contributed by atoms with Crippen LogP contribution in [-0.4, -0.2) is 11.1 Å². The highest BCUT2D eigenvalue weighted by molar-refractivity contribution is 7.14. The standard InChI is InChI=1S/C17H14N2O2S/c1-12-7-9-13(10-8-12)15-11-22-16(18-15)19-17(20)21-14-5-3-2-4-6-14/h2-11H,1H3,(H,18,19,20). The number of ether oxygens (including phenoxy) is 1. The molecule has 0 aliphatic heterocycles. The van der Waals surface area contributed by atoms with E-state index in [1.165, 1.54) is 16.9 Å². The van der Waals surface area contributed by atoms with E-state index in [0.29, 0.717) is 10.9 Å². The van der Waals surface area contributed by atoms with Gasteiger partial charge in [0.1, 0.15) is 5.75 Å². The minimum atomic E-state index is -0.545. The van der Waals surface area contributed by atoms with Crippen LogP contribution in [0.15, 0.2) is 60.0 Å². The zero-order valence-electron chi connectivity index (χ0n) is 11.9. The van der Waals surface area contributed by atoms with Gasteiger partial charge in [-0.2, -0.15) is 0 Å². The Morgan fingerprint density at radius 2 is 1.82 bits per heavy atom. The van der Waals surface area contributed by atoms with Gasteiger partial charge in [-0.1, -0.05) is 48.0 Å². The molecule has 1 amide bonds. The van der Waals surface area contributed by atoms with E-state index in [2.05, 4.69) is 10.3 Å². The molecule has 0 saturated carbocycles. The lowest BCUT2D eigenvalue weighted by atomic mass is 10.1. The summed E-state index contributed by atoms with van der Waals surface area (Å²) < 4.78 is 5.17. The van der Waals surface area contributed by atoms with Crippen LogP contribution in [-0.2, 0) is 0 Å². The average Bonchev–Trinajstić information content (AvgIpc) is 2.97. The molecular formula is C17H14N2O2S. The van der Waals surface area contributed by atoms with Crippen LogP contribution < -0.4 is 10.1 Å². The molecule has 2 aromatic carbocycles. The topological polar surface area (TPSA) is 51.2 Å². The van der Waals surface area contributed by atoms with Crippen molar-refractivity contribution in [3.63, 3.8) is 0 Å². The van der Waals surface area contributed by atoms with Gasteiger partial charge in [-0.3, -0.25) is 5.32 Å². The number of thiazole rings is 1. The Labute approximate surface area is 132 Å². The van der Waals surface area contributed by atoms with Gasteiger partial charge >= 0.3 is 6.09 Å². The number of hydrogen-bond acceptors (Lipinski definition) is 4. The average molecular weight is 310 g/mol. The van der Waals surface area contributed by atoms with Crippen molar-refractivity contribution in [3.8, 4) is 17.0 Å². The van der Waals surface area contributed by atoms with E-state index >= 15 is 0 Å². The molecule has 0 fully saturated rings. The van der Waals surface area contributed by atoms with Crippen molar-refractivity contribution in [1.82, 2.24) is 4.98 Å². The van der Waals surface area contributed by atoms with Gasteiger partial charge in [0.15, 0.2) is 5.13 Å². The summed E-state index contributed by atoms with van der Waals surface area (Å²) in [6.45, 7) is 2.04. The Bertz CT molecular complexity index is 767.